The highest BCUT2D eigenvalue weighted by molar-refractivity contribution is 5.69. The van der Waals surface area contributed by atoms with Crippen LogP contribution in [-0.4, -0.2) is 35.5 Å². The largest absolute Gasteiger partial charge is 0.350 e. The van der Waals surface area contributed by atoms with Crippen molar-refractivity contribution in [1.82, 2.24) is 29.0 Å². The van der Waals surface area contributed by atoms with Gasteiger partial charge in [-0.3, -0.25) is 9.78 Å². The Morgan fingerprint density at radius 3 is 2.69 bits per heavy atom. The average Bonchev–Trinajstić information content (AvgIpc) is 3.32. The number of rotatable bonds is 3. The molecule has 8 nitrogen and oxygen atoms in total. The van der Waals surface area contributed by atoms with Crippen LogP contribution in [0.1, 0.15) is 40.1 Å². The highest BCUT2D eigenvalue weighted by Gasteiger charge is 2.24. The van der Waals surface area contributed by atoms with Crippen LogP contribution in [0.15, 0.2) is 47.8 Å². The number of pyridine rings is 2. The van der Waals surface area contributed by atoms with E-state index in [1.807, 2.05) is 23.7 Å². The van der Waals surface area contributed by atoms with E-state index in [2.05, 4.69) is 45.2 Å². The van der Waals surface area contributed by atoms with Gasteiger partial charge in [-0.2, -0.15) is 4.52 Å². The van der Waals surface area contributed by atoms with Gasteiger partial charge in [0.1, 0.15) is 11.3 Å². The predicted molar refractivity (Wildman–Crippen MR) is 132 cm³/mol. The fourth-order valence-electron chi connectivity index (χ4n) is 4.86. The van der Waals surface area contributed by atoms with E-state index in [1.165, 1.54) is 0 Å². The van der Waals surface area contributed by atoms with Gasteiger partial charge in [0.25, 0.3) is 12.0 Å². The lowest BCUT2D eigenvalue weighted by atomic mass is 9.98. The van der Waals surface area contributed by atoms with Crippen LogP contribution in [0.5, 0.6) is 0 Å². The molecular weight excluding hydrogens is 464 g/mol. The summed E-state index contributed by atoms with van der Waals surface area (Å²) in [6, 6.07) is 5.06. The Bertz CT molecular complexity index is 1720. The number of aryl methyl sites for hydroxylation is 2. The monoisotopic (exact) mass is 487 g/mol. The van der Waals surface area contributed by atoms with Gasteiger partial charge >= 0.3 is 0 Å². The maximum atomic E-state index is 13.2. The molecule has 0 aliphatic carbocycles. The quantitative estimate of drug-likeness (QED) is 0.379. The summed E-state index contributed by atoms with van der Waals surface area (Å²) in [6.45, 7) is 6.97. The molecule has 1 aliphatic rings. The normalized spacial score (nSPS) is 13.7. The Hall–Kier alpha value is -4.21. The molecule has 0 saturated carbocycles. The van der Waals surface area contributed by atoms with E-state index in [4.69, 9.17) is 4.98 Å². The van der Waals surface area contributed by atoms with Crippen molar-refractivity contribution in [2.75, 3.05) is 11.4 Å². The number of nitrogens with zero attached hydrogens (tertiary/aromatic N) is 7. The van der Waals surface area contributed by atoms with E-state index in [-0.39, 0.29) is 5.65 Å². The van der Waals surface area contributed by atoms with E-state index in [0.717, 1.165) is 56.2 Å². The lowest BCUT2D eigenvalue weighted by molar-refractivity contribution is 0.146. The molecule has 1 aliphatic heterocycles. The number of alkyl halides is 2. The summed E-state index contributed by atoms with van der Waals surface area (Å²) < 4.78 is 29.5. The number of aromatic nitrogens is 6. The standard InChI is InChI=1S/C26H23F2N7O/c1-14-8-22-29-5-7-33(22)13-19(14)17-9-18-12-34(6-4-20(18)30-11-17)26-16(3)15(2)25-31-21(24(27)28)10-23(36)35(25)32-26/h5,7-11,13,24H,4,6,12H2,1-3H3. The smallest absolute Gasteiger partial charge is 0.280 e. The number of hydrogen-bond acceptors (Lipinski definition) is 6. The molecule has 0 bridgehead atoms. The summed E-state index contributed by atoms with van der Waals surface area (Å²) in [7, 11) is 0. The summed E-state index contributed by atoms with van der Waals surface area (Å²) in [6.07, 6.45) is 5.58. The Kier molecular flexibility index (Phi) is 5.06. The second-order valence-corrected chi connectivity index (χ2v) is 9.19. The zero-order chi connectivity index (χ0) is 25.1. The molecule has 0 aromatic carbocycles. The van der Waals surface area contributed by atoms with Gasteiger partial charge in [-0.15, -0.1) is 5.10 Å². The van der Waals surface area contributed by atoms with Gasteiger partial charge in [-0.25, -0.2) is 18.7 Å². The molecule has 0 radical (unpaired) electrons. The molecule has 6 rings (SSSR count). The Morgan fingerprint density at radius 2 is 1.89 bits per heavy atom. The van der Waals surface area contributed by atoms with E-state index >= 15 is 0 Å². The van der Waals surface area contributed by atoms with E-state index in [0.29, 0.717) is 24.5 Å². The Morgan fingerprint density at radius 1 is 1.06 bits per heavy atom. The van der Waals surface area contributed by atoms with Crippen molar-refractivity contribution in [3.05, 3.63) is 87.0 Å². The molecule has 36 heavy (non-hydrogen) atoms. The van der Waals surface area contributed by atoms with Gasteiger partial charge in [-0.05, 0) is 44.0 Å². The summed E-state index contributed by atoms with van der Waals surface area (Å²) in [5.41, 5.74) is 6.69. The third-order valence-electron chi connectivity index (χ3n) is 6.95. The van der Waals surface area contributed by atoms with Crippen LogP contribution in [0.3, 0.4) is 0 Å². The second kappa shape index (κ2) is 8.18. The molecule has 0 atom stereocenters. The Balaban J connectivity index is 1.40. The first-order valence-corrected chi connectivity index (χ1v) is 11.7. The summed E-state index contributed by atoms with van der Waals surface area (Å²) in [5, 5.41) is 4.55. The minimum atomic E-state index is -2.82. The zero-order valence-electron chi connectivity index (χ0n) is 20.0. The van der Waals surface area contributed by atoms with E-state index < -0.39 is 17.7 Å². The minimum Gasteiger partial charge on any atom is -0.350 e. The predicted octanol–water partition coefficient (Wildman–Crippen LogP) is 4.22. The molecule has 0 unspecified atom stereocenters. The van der Waals surface area contributed by atoms with Crippen molar-refractivity contribution in [3.63, 3.8) is 0 Å². The van der Waals surface area contributed by atoms with Crippen molar-refractivity contribution >= 4 is 17.1 Å². The summed E-state index contributed by atoms with van der Waals surface area (Å²) >= 11 is 0. The third kappa shape index (κ3) is 3.52. The topological polar surface area (TPSA) is 80.7 Å². The van der Waals surface area contributed by atoms with Crippen LogP contribution in [0.4, 0.5) is 14.6 Å². The second-order valence-electron chi connectivity index (χ2n) is 9.19. The molecule has 0 N–H and O–H groups in total. The molecule has 0 fully saturated rings. The van der Waals surface area contributed by atoms with Gasteiger partial charge in [0.05, 0.1) is 0 Å². The van der Waals surface area contributed by atoms with Crippen LogP contribution in [0.25, 0.3) is 22.4 Å². The van der Waals surface area contributed by atoms with Gasteiger partial charge < -0.3 is 9.30 Å². The van der Waals surface area contributed by atoms with Crippen molar-refractivity contribution in [2.24, 2.45) is 0 Å². The van der Waals surface area contributed by atoms with Gasteiger partial charge in [0.15, 0.2) is 11.5 Å². The third-order valence-corrected chi connectivity index (χ3v) is 6.95. The first-order chi connectivity index (χ1) is 17.3. The highest BCUT2D eigenvalue weighted by atomic mass is 19.3. The first kappa shape index (κ1) is 22.3. The van der Waals surface area contributed by atoms with E-state index in [9.17, 15) is 13.6 Å². The average molecular weight is 488 g/mol. The number of halogens is 2. The molecular formula is C26H23F2N7O. The fraction of sp³-hybridized carbons (Fsp3) is 0.269. The van der Waals surface area contributed by atoms with Crippen LogP contribution < -0.4 is 10.5 Å². The number of hydrogen-bond donors (Lipinski definition) is 0. The van der Waals surface area contributed by atoms with Crippen molar-refractivity contribution in [1.29, 1.82) is 0 Å². The van der Waals surface area contributed by atoms with Crippen LogP contribution in [-0.2, 0) is 13.0 Å². The molecule has 0 saturated heterocycles. The summed E-state index contributed by atoms with van der Waals surface area (Å²) in [5.74, 6) is 0.640. The first-order valence-electron chi connectivity index (χ1n) is 11.7. The Labute approximate surface area is 204 Å². The molecule has 182 valence electrons. The fourth-order valence-corrected chi connectivity index (χ4v) is 4.86. The van der Waals surface area contributed by atoms with Gasteiger partial charge in [-0.1, -0.05) is 0 Å². The number of fused-ring (bicyclic) bond motifs is 3. The lowest BCUT2D eigenvalue weighted by Gasteiger charge is -2.31. The van der Waals surface area contributed by atoms with Crippen molar-refractivity contribution < 1.29 is 8.78 Å². The molecule has 10 heteroatoms. The van der Waals surface area contributed by atoms with Gasteiger partial charge in [0.2, 0.25) is 0 Å². The summed E-state index contributed by atoms with van der Waals surface area (Å²) in [4.78, 5) is 27.8. The van der Waals surface area contributed by atoms with E-state index in [1.54, 1.807) is 13.1 Å². The maximum Gasteiger partial charge on any atom is 0.280 e. The van der Waals surface area contributed by atoms with Crippen LogP contribution in [0, 0.1) is 20.8 Å². The minimum absolute atomic E-state index is 0.158. The highest BCUT2D eigenvalue weighted by Crippen LogP contribution is 2.31. The lowest BCUT2D eigenvalue weighted by Crippen LogP contribution is -2.34. The molecule has 0 amide bonds. The maximum absolute atomic E-state index is 13.2. The van der Waals surface area contributed by atoms with Crippen molar-refractivity contribution in [3.8, 4) is 11.1 Å². The SMILES string of the molecule is Cc1cc2nccn2cc1-c1cnc2c(c1)CN(c1nn3c(=O)cc(C(F)F)nc3c(C)c1C)CC2. The molecule has 0 spiro atoms. The number of imidazole rings is 1. The molecule has 5 aromatic rings. The van der Waals surface area contributed by atoms with Gasteiger partial charge in [0, 0.05) is 78.3 Å². The number of anilines is 1. The molecule has 5 aromatic heterocycles. The van der Waals surface area contributed by atoms with Crippen LogP contribution >= 0.6 is 0 Å². The van der Waals surface area contributed by atoms with Crippen LogP contribution in [0.2, 0.25) is 0 Å². The molecule has 6 heterocycles. The van der Waals surface area contributed by atoms with Crippen molar-refractivity contribution in [2.45, 2.75) is 40.2 Å². The zero-order valence-corrected chi connectivity index (χ0v) is 20.0.